The van der Waals surface area contributed by atoms with Gasteiger partial charge in [0.25, 0.3) is 0 Å². The number of rotatable bonds is 11. The molecule has 0 aliphatic rings. The van der Waals surface area contributed by atoms with Gasteiger partial charge in [0.2, 0.25) is 0 Å². The van der Waals surface area contributed by atoms with E-state index in [0.717, 1.165) is 36.8 Å². The van der Waals surface area contributed by atoms with Gasteiger partial charge in [-0.1, -0.05) is 57.1 Å². The van der Waals surface area contributed by atoms with Gasteiger partial charge in [0.15, 0.2) is 11.6 Å². The van der Waals surface area contributed by atoms with Crippen molar-refractivity contribution in [2.45, 2.75) is 58.5 Å². The SMILES string of the molecule is C=C(CCC)/C(=C/CO)C(O)CC/C(=C/c1ccc(O)c(F)c1)CCC. The molecule has 0 radical (unpaired) electrons. The fourth-order valence-corrected chi connectivity index (χ4v) is 2.98. The van der Waals surface area contributed by atoms with Gasteiger partial charge in [-0.2, -0.15) is 0 Å². The second-order valence-corrected chi connectivity index (χ2v) is 6.51. The van der Waals surface area contributed by atoms with Gasteiger partial charge < -0.3 is 15.3 Å². The van der Waals surface area contributed by atoms with E-state index in [4.69, 9.17) is 0 Å². The molecule has 26 heavy (non-hydrogen) atoms. The van der Waals surface area contributed by atoms with E-state index in [1.54, 1.807) is 12.1 Å². The van der Waals surface area contributed by atoms with E-state index >= 15 is 0 Å². The van der Waals surface area contributed by atoms with Crippen molar-refractivity contribution in [3.8, 4) is 5.75 Å². The summed E-state index contributed by atoms with van der Waals surface area (Å²) in [4.78, 5) is 0. The molecule has 0 aliphatic heterocycles. The minimum absolute atomic E-state index is 0.125. The quantitative estimate of drug-likeness (QED) is 0.478. The van der Waals surface area contributed by atoms with Crippen LogP contribution in [0, 0.1) is 5.82 Å². The number of halogens is 1. The molecule has 3 N–H and O–H groups in total. The maximum Gasteiger partial charge on any atom is 0.165 e. The Morgan fingerprint density at radius 1 is 1.19 bits per heavy atom. The molecule has 0 spiro atoms. The van der Waals surface area contributed by atoms with Crippen LogP contribution in [0.2, 0.25) is 0 Å². The molecule has 4 heteroatoms. The van der Waals surface area contributed by atoms with Crippen molar-refractivity contribution in [3.05, 3.63) is 59.0 Å². The molecular weight excluding hydrogens is 331 g/mol. The second-order valence-electron chi connectivity index (χ2n) is 6.51. The summed E-state index contributed by atoms with van der Waals surface area (Å²) >= 11 is 0. The summed E-state index contributed by atoms with van der Waals surface area (Å²) in [5.41, 5.74) is 3.37. The molecule has 1 aromatic carbocycles. The van der Waals surface area contributed by atoms with Gasteiger partial charge in [-0.3, -0.25) is 0 Å². The Hall–Kier alpha value is -1.91. The Labute approximate surface area is 156 Å². The molecule has 0 amide bonds. The minimum Gasteiger partial charge on any atom is -0.505 e. The molecule has 3 nitrogen and oxygen atoms in total. The van der Waals surface area contributed by atoms with E-state index in [1.807, 2.05) is 13.0 Å². The fourth-order valence-electron chi connectivity index (χ4n) is 2.98. The van der Waals surface area contributed by atoms with E-state index in [-0.39, 0.29) is 12.4 Å². The monoisotopic (exact) mass is 362 g/mol. The third-order valence-corrected chi connectivity index (χ3v) is 4.28. The first-order valence-electron chi connectivity index (χ1n) is 9.27. The normalized spacial score (nSPS) is 13.7. The van der Waals surface area contributed by atoms with E-state index < -0.39 is 11.9 Å². The zero-order chi connectivity index (χ0) is 19.5. The minimum atomic E-state index is -0.682. The standard InChI is InChI=1S/C22H31FO3/c1-4-6-16(3)19(12-13-24)21(25)10-8-17(7-5-2)14-18-9-11-22(26)20(23)15-18/h9,11-12,14-15,21,24-26H,3-8,10,13H2,1-2H3/b17-14+,19-12-. The number of allylic oxidation sites excluding steroid dienone is 1. The molecule has 0 heterocycles. The first-order valence-corrected chi connectivity index (χ1v) is 9.27. The molecule has 1 unspecified atom stereocenters. The fraction of sp³-hybridized carbons (Fsp3) is 0.455. The first-order chi connectivity index (χ1) is 12.4. The topological polar surface area (TPSA) is 60.7 Å². The third-order valence-electron chi connectivity index (χ3n) is 4.28. The van der Waals surface area contributed by atoms with Crippen LogP contribution in [0.3, 0.4) is 0 Å². The summed E-state index contributed by atoms with van der Waals surface area (Å²) in [6.07, 6.45) is 7.55. The molecule has 144 valence electrons. The van der Waals surface area contributed by atoms with Gasteiger partial charge in [0, 0.05) is 0 Å². The second kappa shape index (κ2) is 11.7. The average molecular weight is 362 g/mol. The lowest BCUT2D eigenvalue weighted by Crippen LogP contribution is -2.13. The largest absolute Gasteiger partial charge is 0.505 e. The number of hydrogen-bond donors (Lipinski definition) is 3. The summed E-state index contributed by atoms with van der Waals surface area (Å²) < 4.78 is 13.5. The van der Waals surface area contributed by atoms with Gasteiger partial charge in [0.1, 0.15) is 0 Å². The maximum absolute atomic E-state index is 13.5. The maximum atomic E-state index is 13.5. The molecule has 1 rings (SSSR count). The van der Waals surface area contributed by atoms with Crippen LogP contribution in [-0.2, 0) is 0 Å². The number of aliphatic hydroxyl groups excluding tert-OH is 2. The zero-order valence-electron chi connectivity index (χ0n) is 15.8. The summed E-state index contributed by atoms with van der Waals surface area (Å²) in [5.74, 6) is -0.999. The molecule has 0 saturated carbocycles. The summed E-state index contributed by atoms with van der Waals surface area (Å²) in [6, 6.07) is 4.32. The van der Waals surface area contributed by atoms with Gasteiger partial charge in [-0.15, -0.1) is 0 Å². The van der Waals surface area contributed by atoms with Gasteiger partial charge in [-0.25, -0.2) is 4.39 Å². The van der Waals surface area contributed by atoms with Crippen LogP contribution >= 0.6 is 0 Å². The van der Waals surface area contributed by atoms with Crippen molar-refractivity contribution in [2.75, 3.05) is 6.61 Å². The van der Waals surface area contributed by atoms with Crippen molar-refractivity contribution in [2.24, 2.45) is 0 Å². The lowest BCUT2D eigenvalue weighted by molar-refractivity contribution is 0.200. The molecule has 1 atom stereocenters. The Bertz CT molecular complexity index is 647. The van der Waals surface area contributed by atoms with Crippen LogP contribution in [0.5, 0.6) is 5.75 Å². The van der Waals surface area contributed by atoms with E-state index in [1.165, 1.54) is 12.1 Å². The van der Waals surface area contributed by atoms with Crippen molar-refractivity contribution in [1.82, 2.24) is 0 Å². The molecule has 0 fully saturated rings. The van der Waals surface area contributed by atoms with Crippen LogP contribution in [0.25, 0.3) is 6.08 Å². The predicted molar refractivity (Wildman–Crippen MR) is 105 cm³/mol. The summed E-state index contributed by atoms with van der Waals surface area (Å²) in [7, 11) is 0. The Morgan fingerprint density at radius 2 is 1.88 bits per heavy atom. The lowest BCUT2D eigenvalue weighted by atomic mass is 9.92. The van der Waals surface area contributed by atoms with Gasteiger partial charge in [-0.05, 0) is 54.5 Å². The predicted octanol–water partition coefficient (Wildman–Crippen LogP) is 5.13. The first kappa shape index (κ1) is 22.1. The number of hydrogen-bond acceptors (Lipinski definition) is 3. The summed E-state index contributed by atoms with van der Waals surface area (Å²) in [5, 5.41) is 29.1. The van der Waals surface area contributed by atoms with Gasteiger partial charge in [0.05, 0.1) is 12.7 Å². The molecule has 0 saturated heterocycles. The number of benzene rings is 1. The number of phenolic OH excluding ortho intramolecular Hbond substituents is 1. The van der Waals surface area contributed by atoms with Crippen molar-refractivity contribution in [1.29, 1.82) is 0 Å². The Balaban J connectivity index is 2.86. The smallest absolute Gasteiger partial charge is 0.165 e. The van der Waals surface area contributed by atoms with Crippen LogP contribution in [0.1, 0.15) is 57.9 Å². The average Bonchev–Trinajstić information content (AvgIpc) is 2.60. The summed E-state index contributed by atoms with van der Waals surface area (Å²) in [6.45, 7) is 8.01. The number of aromatic hydroxyl groups is 1. The molecule has 1 aromatic rings. The Kier molecular flexibility index (Phi) is 9.92. The van der Waals surface area contributed by atoms with Crippen molar-refractivity contribution < 1.29 is 19.7 Å². The van der Waals surface area contributed by atoms with E-state index in [0.29, 0.717) is 24.0 Å². The van der Waals surface area contributed by atoms with Crippen molar-refractivity contribution >= 4 is 6.08 Å². The molecule has 0 aromatic heterocycles. The number of phenols is 1. The van der Waals surface area contributed by atoms with Crippen molar-refractivity contribution in [3.63, 3.8) is 0 Å². The van der Waals surface area contributed by atoms with Crippen LogP contribution < -0.4 is 0 Å². The molecule has 0 bridgehead atoms. The Morgan fingerprint density at radius 3 is 2.46 bits per heavy atom. The lowest BCUT2D eigenvalue weighted by Gasteiger charge is -2.18. The van der Waals surface area contributed by atoms with Crippen LogP contribution in [-0.4, -0.2) is 28.0 Å². The van der Waals surface area contributed by atoms with Crippen LogP contribution in [0.4, 0.5) is 4.39 Å². The third kappa shape index (κ3) is 7.14. The van der Waals surface area contributed by atoms with Crippen LogP contribution in [0.15, 0.2) is 47.6 Å². The van der Waals surface area contributed by atoms with Gasteiger partial charge >= 0.3 is 0 Å². The zero-order valence-corrected chi connectivity index (χ0v) is 15.8. The molecular formula is C22H31FO3. The highest BCUT2D eigenvalue weighted by Gasteiger charge is 2.14. The highest BCUT2D eigenvalue weighted by atomic mass is 19.1. The number of aliphatic hydroxyl groups is 2. The highest BCUT2D eigenvalue weighted by molar-refractivity contribution is 5.54. The highest BCUT2D eigenvalue weighted by Crippen LogP contribution is 2.25. The van der Waals surface area contributed by atoms with E-state index in [2.05, 4.69) is 13.5 Å². The molecule has 0 aliphatic carbocycles. The van der Waals surface area contributed by atoms with E-state index in [9.17, 15) is 19.7 Å².